The number of amides is 2. The molecule has 1 unspecified atom stereocenters. The first-order valence-corrected chi connectivity index (χ1v) is 4.26. The molecule has 0 aliphatic carbocycles. The highest BCUT2D eigenvalue weighted by Crippen LogP contribution is 1.74. The molecule has 0 saturated carbocycles. The fraction of sp³-hybridized carbons (Fsp3) is 0.625. The molecule has 0 rings (SSSR count). The maximum atomic E-state index is 10.8. The van der Waals surface area contributed by atoms with Gasteiger partial charge in [0.05, 0.1) is 0 Å². The van der Waals surface area contributed by atoms with Crippen LogP contribution >= 0.6 is 0 Å². The fourth-order valence-corrected chi connectivity index (χ4v) is 0.702. The van der Waals surface area contributed by atoms with E-state index in [2.05, 4.69) is 22.5 Å². The summed E-state index contributed by atoms with van der Waals surface area (Å²) in [4.78, 5) is 10.8. The first-order chi connectivity index (χ1) is 6.20. The molecule has 0 aromatic heterocycles. The number of carbonyl (C=O) groups is 1. The van der Waals surface area contributed by atoms with Crippen LogP contribution in [0.2, 0.25) is 0 Å². The monoisotopic (exact) mass is 187 g/mol. The molecule has 5 nitrogen and oxygen atoms in total. The van der Waals surface area contributed by atoms with Gasteiger partial charge in [-0.3, -0.25) is 5.32 Å². The van der Waals surface area contributed by atoms with E-state index in [-0.39, 0.29) is 6.03 Å². The van der Waals surface area contributed by atoms with Crippen LogP contribution in [-0.4, -0.2) is 37.0 Å². The molecule has 0 fully saturated rings. The summed E-state index contributed by atoms with van der Waals surface area (Å²) in [5, 5.41) is 16.9. The van der Waals surface area contributed by atoms with Crippen molar-refractivity contribution in [1.29, 1.82) is 0 Å². The van der Waals surface area contributed by atoms with Gasteiger partial charge in [-0.25, -0.2) is 4.79 Å². The van der Waals surface area contributed by atoms with Gasteiger partial charge in [0, 0.05) is 19.6 Å². The zero-order valence-corrected chi connectivity index (χ0v) is 7.84. The maximum absolute atomic E-state index is 10.8. The van der Waals surface area contributed by atoms with Gasteiger partial charge in [-0.2, -0.15) is 0 Å². The molecule has 2 amide bonds. The largest absolute Gasteiger partial charge is 0.375 e. The lowest BCUT2D eigenvalue weighted by Gasteiger charge is -2.09. The molecule has 13 heavy (non-hydrogen) atoms. The highest BCUT2D eigenvalue weighted by Gasteiger charge is 1.97. The number of aliphatic hydroxyl groups is 1. The third-order valence-electron chi connectivity index (χ3n) is 1.32. The summed E-state index contributed by atoms with van der Waals surface area (Å²) in [6.45, 7) is 6.82. The van der Waals surface area contributed by atoms with E-state index < -0.39 is 6.23 Å². The van der Waals surface area contributed by atoms with E-state index in [4.69, 9.17) is 5.11 Å². The Morgan fingerprint density at radius 3 is 2.77 bits per heavy atom. The van der Waals surface area contributed by atoms with Crippen molar-refractivity contribution in [1.82, 2.24) is 16.0 Å². The van der Waals surface area contributed by atoms with Crippen LogP contribution in [0.15, 0.2) is 12.7 Å². The lowest BCUT2D eigenvalue weighted by molar-refractivity contribution is 0.185. The van der Waals surface area contributed by atoms with Crippen molar-refractivity contribution in [2.24, 2.45) is 0 Å². The third-order valence-corrected chi connectivity index (χ3v) is 1.32. The lowest BCUT2D eigenvalue weighted by Crippen LogP contribution is -2.40. The topological polar surface area (TPSA) is 73.4 Å². The lowest BCUT2D eigenvalue weighted by atomic mass is 10.5. The molecular weight excluding hydrogens is 170 g/mol. The van der Waals surface area contributed by atoms with E-state index in [1.807, 2.05) is 6.92 Å². The molecule has 0 aromatic carbocycles. The Bertz CT molecular complexity index is 161. The molecule has 76 valence electrons. The molecule has 5 heteroatoms. The summed E-state index contributed by atoms with van der Waals surface area (Å²) in [5.41, 5.74) is 0. The minimum atomic E-state index is -0.712. The number of rotatable bonds is 6. The predicted molar refractivity (Wildman–Crippen MR) is 51.3 cm³/mol. The van der Waals surface area contributed by atoms with Crippen molar-refractivity contribution >= 4 is 6.03 Å². The molecule has 0 aliphatic rings. The Hall–Kier alpha value is -1.07. The molecule has 1 atom stereocenters. The van der Waals surface area contributed by atoms with Crippen molar-refractivity contribution in [2.75, 3.05) is 19.6 Å². The minimum absolute atomic E-state index is 0.197. The van der Waals surface area contributed by atoms with Gasteiger partial charge in [-0.05, 0) is 13.0 Å². The van der Waals surface area contributed by atoms with E-state index >= 15 is 0 Å². The number of nitrogens with one attached hydrogen (secondary N) is 3. The second kappa shape index (κ2) is 7.57. The molecule has 0 heterocycles. The second-order valence-corrected chi connectivity index (χ2v) is 2.42. The zero-order chi connectivity index (χ0) is 10.1. The van der Waals surface area contributed by atoms with E-state index in [0.29, 0.717) is 19.6 Å². The second-order valence-electron chi connectivity index (χ2n) is 2.42. The Labute approximate surface area is 78.2 Å². The highest BCUT2D eigenvalue weighted by molar-refractivity contribution is 5.73. The summed E-state index contributed by atoms with van der Waals surface area (Å²) in [5.74, 6) is 0. The molecule has 0 saturated heterocycles. The van der Waals surface area contributed by atoms with Crippen molar-refractivity contribution in [3.05, 3.63) is 12.7 Å². The van der Waals surface area contributed by atoms with Crippen LogP contribution in [0.3, 0.4) is 0 Å². The van der Waals surface area contributed by atoms with Crippen LogP contribution in [0, 0.1) is 0 Å². The molecule has 0 aliphatic heterocycles. The van der Waals surface area contributed by atoms with Crippen molar-refractivity contribution in [3.63, 3.8) is 0 Å². The average molecular weight is 187 g/mol. The molecule has 0 radical (unpaired) electrons. The SMILES string of the molecule is C=CC(O)NCCNC(=O)NCC. The van der Waals surface area contributed by atoms with Crippen molar-refractivity contribution in [3.8, 4) is 0 Å². The van der Waals surface area contributed by atoms with E-state index in [0.717, 1.165) is 0 Å². The van der Waals surface area contributed by atoms with Crippen LogP contribution in [0.25, 0.3) is 0 Å². The summed E-state index contributed by atoms with van der Waals surface area (Å²) in [6, 6.07) is -0.197. The predicted octanol–water partition coefficient (Wildman–Crippen LogP) is -0.600. The summed E-state index contributed by atoms with van der Waals surface area (Å²) >= 11 is 0. The van der Waals surface area contributed by atoms with E-state index in [9.17, 15) is 4.79 Å². The van der Waals surface area contributed by atoms with Crippen LogP contribution in [0.4, 0.5) is 4.79 Å². The fourth-order valence-electron chi connectivity index (χ4n) is 0.702. The highest BCUT2D eigenvalue weighted by atomic mass is 16.3. The van der Waals surface area contributed by atoms with Gasteiger partial charge < -0.3 is 15.7 Å². The van der Waals surface area contributed by atoms with Gasteiger partial charge in [-0.1, -0.05) is 6.58 Å². The van der Waals surface area contributed by atoms with Gasteiger partial charge in [0.25, 0.3) is 0 Å². The average Bonchev–Trinajstić information content (AvgIpc) is 2.12. The van der Waals surface area contributed by atoms with Gasteiger partial charge in [0.1, 0.15) is 6.23 Å². The van der Waals surface area contributed by atoms with Crippen LogP contribution in [-0.2, 0) is 0 Å². The summed E-state index contributed by atoms with van der Waals surface area (Å²) in [7, 11) is 0. The summed E-state index contributed by atoms with van der Waals surface area (Å²) < 4.78 is 0. The normalized spacial score (nSPS) is 11.8. The van der Waals surface area contributed by atoms with Gasteiger partial charge in [0.15, 0.2) is 0 Å². The molecule has 4 N–H and O–H groups in total. The van der Waals surface area contributed by atoms with Crippen molar-refractivity contribution < 1.29 is 9.90 Å². The first kappa shape index (κ1) is 11.9. The smallest absolute Gasteiger partial charge is 0.314 e. The Kier molecular flexibility index (Phi) is 6.95. The molecule has 0 aromatic rings. The number of hydrogen-bond acceptors (Lipinski definition) is 3. The molecule has 0 bridgehead atoms. The zero-order valence-electron chi connectivity index (χ0n) is 7.84. The third kappa shape index (κ3) is 7.30. The van der Waals surface area contributed by atoms with Gasteiger partial charge in [-0.15, -0.1) is 0 Å². The van der Waals surface area contributed by atoms with E-state index in [1.165, 1.54) is 6.08 Å². The number of urea groups is 1. The standard InChI is InChI=1S/C8H17N3O2/c1-3-7(12)10-5-6-11-8(13)9-4-2/h3,7,10,12H,1,4-6H2,2H3,(H2,9,11,13). The van der Waals surface area contributed by atoms with Crippen molar-refractivity contribution in [2.45, 2.75) is 13.2 Å². The summed E-state index contributed by atoms with van der Waals surface area (Å²) in [6.07, 6.45) is 0.669. The van der Waals surface area contributed by atoms with Crippen LogP contribution < -0.4 is 16.0 Å². The Morgan fingerprint density at radius 1 is 1.54 bits per heavy atom. The minimum Gasteiger partial charge on any atom is -0.375 e. The van der Waals surface area contributed by atoms with Gasteiger partial charge >= 0.3 is 6.03 Å². The number of aliphatic hydroxyl groups excluding tert-OH is 1. The Morgan fingerprint density at radius 2 is 2.23 bits per heavy atom. The van der Waals surface area contributed by atoms with E-state index in [1.54, 1.807) is 0 Å². The number of hydrogen-bond donors (Lipinski definition) is 4. The Balaban J connectivity index is 3.25. The quantitative estimate of drug-likeness (QED) is 0.255. The molecule has 0 spiro atoms. The first-order valence-electron chi connectivity index (χ1n) is 4.26. The van der Waals surface area contributed by atoms with Crippen LogP contribution in [0.1, 0.15) is 6.92 Å². The maximum Gasteiger partial charge on any atom is 0.314 e. The number of carbonyl (C=O) groups excluding carboxylic acids is 1. The van der Waals surface area contributed by atoms with Gasteiger partial charge in [0.2, 0.25) is 0 Å². The molecular formula is C8H17N3O2. The van der Waals surface area contributed by atoms with Crippen LogP contribution in [0.5, 0.6) is 0 Å².